The Balaban J connectivity index is 2.61. The number of halogens is 3. The fraction of sp³-hybridized carbons (Fsp3) is 0.333. The number of nitrogens with zero attached hydrogens (tertiary/aromatic N) is 1. The van der Waals surface area contributed by atoms with Gasteiger partial charge in [-0.1, -0.05) is 6.07 Å². The lowest BCUT2D eigenvalue weighted by atomic mass is 10.1. The maximum atomic E-state index is 11.9. The third-order valence-electron chi connectivity index (χ3n) is 2.46. The number of carbonyl (C=O) groups excluding carboxylic acids is 2. The molecule has 0 saturated heterocycles. The van der Waals surface area contributed by atoms with E-state index in [0.29, 0.717) is 5.56 Å². The molecule has 1 N–H and O–H groups in total. The average Bonchev–Trinajstić information content (AvgIpc) is 2.41. The zero-order chi connectivity index (χ0) is 16.9. The van der Waals surface area contributed by atoms with Crippen LogP contribution < -0.4 is 5.32 Å². The third-order valence-corrected chi connectivity index (χ3v) is 2.46. The Morgan fingerprint density at radius 2 is 2.00 bits per heavy atom. The Kier molecular flexibility index (Phi) is 5.44. The fourth-order valence-electron chi connectivity index (χ4n) is 1.40. The van der Waals surface area contributed by atoms with Crippen molar-refractivity contribution < 1.29 is 32.4 Å². The van der Waals surface area contributed by atoms with Gasteiger partial charge in [0.25, 0.3) is 11.6 Å². The number of nitrogens with one attached hydrogen (secondary N) is 1. The van der Waals surface area contributed by atoms with E-state index in [4.69, 9.17) is 0 Å². The van der Waals surface area contributed by atoms with Crippen molar-refractivity contribution in [3.8, 4) is 0 Å². The van der Waals surface area contributed by atoms with Gasteiger partial charge in [0.15, 0.2) is 6.61 Å². The van der Waals surface area contributed by atoms with E-state index in [0.717, 1.165) is 6.07 Å². The largest absolute Gasteiger partial charge is 0.452 e. The molecule has 0 aliphatic heterocycles. The molecule has 0 radical (unpaired) electrons. The number of nitro benzene ring substituents is 1. The Morgan fingerprint density at radius 3 is 2.55 bits per heavy atom. The smallest absolute Gasteiger partial charge is 0.405 e. The van der Waals surface area contributed by atoms with Crippen LogP contribution in [0.2, 0.25) is 0 Å². The molecule has 0 aromatic heterocycles. The van der Waals surface area contributed by atoms with Crippen LogP contribution in [0.5, 0.6) is 0 Å². The van der Waals surface area contributed by atoms with Gasteiger partial charge in [-0.25, -0.2) is 4.79 Å². The Morgan fingerprint density at radius 1 is 1.36 bits per heavy atom. The van der Waals surface area contributed by atoms with Gasteiger partial charge in [-0.15, -0.1) is 0 Å². The van der Waals surface area contributed by atoms with Crippen molar-refractivity contribution in [2.45, 2.75) is 13.1 Å². The summed E-state index contributed by atoms with van der Waals surface area (Å²) in [4.78, 5) is 32.7. The van der Waals surface area contributed by atoms with E-state index in [1.165, 1.54) is 24.4 Å². The standard InChI is InChI=1S/C12H11F3N2O5/c1-7-2-3-8(4-9(7)17(20)21)11(19)22-5-10(18)16-6-12(13,14)15/h2-4H,5-6H2,1H3,(H,16,18). The predicted octanol–water partition coefficient (Wildman–Crippen LogP) is 1.74. The Bertz CT molecular complexity index is 601. The minimum atomic E-state index is -4.57. The number of amides is 1. The van der Waals surface area contributed by atoms with E-state index in [1.807, 2.05) is 0 Å². The molecule has 1 aromatic rings. The van der Waals surface area contributed by atoms with Gasteiger partial charge in [0, 0.05) is 11.6 Å². The lowest BCUT2D eigenvalue weighted by Gasteiger charge is -2.09. The van der Waals surface area contributed by atoms with Gasteiger partial charge in [-0.2, -0.15) is 13.2 Å². The highest BCUT2D eigenvalue weighted by molar-refractivity contribution is 5.92. The van der Waals surface area contributed by atoms with Crippen LogP contribution in [0.3, 0.4) is 0 Å². The molecule has 1 amide bonds. The van der Waals surface area contributed by atoms with Crippen LogP contribution in [-0.2, 0) is 9.53 Å². The van der Waals surface area contributed by atoms with Gasteiger partial charge in [0.1, 0.15) is 6.54 Å². The minimum Gasteiger partial charge on any atom is -0.452 e. The Labute approximate surface area is 122 Å². The summed E-state index contributed by atoms with van der Waals surface area (Å²) in [6.07, 6.45) is -4.57. The van der Waals surface area contributed by atoms with E-state index >= 15 is 0 Å². The molecule has 0 aliphatic rings. The van der Waals surface area contributed by atoms with E-state index in [9.17, 15) is 32.9 Å². The van der Waals surface area contributed by atoms with Crippen molar-refractivity contribution in [2.24, 2.45) is 0 Å². The number of ether oxygens (including phenoxy) is 1. The summed E-state index contributed by atoms with van der Waals surface area (Å²) in [6.45, 7) is -0.992. The molecule has 0 unspecified atom stereocenters. The number of nitro groups is 1. The zero-order valence-electron chi connectivity index (χ0n) is 11.3. The molecule has 1 aromatic carbocycles. The zero-order valence-corrected chi connectivity index (χ0v) is 11.3. The van der Waals surface area contributed by atoms with Crippen molar-refractivity contribution in [1.29, 1.82) is 0 Å². The highest BCUT2D eigenvalue weighted by Gasteiger charge is 2.27. The molecular formula is C12H11F3N2O5. The normalized spacial score (nSPS) is 10.9. The van der Waals surface area contributed by atoms with Crippen molar-refractivity contribution in [3.05, 3.63) is 39.4 Å². The van der Waals surface area contributed by atoms with Crippen LogP contribution in [0.4, 0.5) is 18.9 Å². The molecular weight excluding hydrogens is 309 g/mol. The molecule has 120 valence electrons. The van der Waals surface area contributed by atoms with Crippen LogP contribution in [0.15, 0.2) is 18.2 Å². The van der Waals surface area contributed by atoms with Crippen LogP contribution in [0, 0.1) is 17.0 Å². The summed E-state index contributed by atoms with van der Waals surface area (Å²) in [5, 5.41) is 12.2. The summed E-state index contributed by atoms with van der Waals surface area (Å²) in [5.74, 6) is -2.18. The predicted molar refractivity (Wildman–Crippen MR) is 67.2 cm³/mol. The maximum Gasteiger partial charge on any atom is 0.405 e. The molecule has 0 fully saturated rings. The van der Waals surface area contributed by atoms with Gasteiger partial charge < -0.3 is 10.1 Å². The molecule has 10 heteroatoms. The average molecular weight is 320 g/mol. The first-order valence-electron chi connectivity index (χ1n) is 5.86. The number of aryl methyl sites for hydroxylation is 1. The summed E-state index contributed by atoms with van der Waals surface area (Å²) in [6, 6.07) is 3.53. The second-order valence-corrected chi connectivity index (χ2v) is 4.23. The summed E-state index contributed by atoms with van der Waals surface area (Å²) in [7, 11) is 0. The van der Waals surface area contributed by atoms with Gasteiger partial charge in [-0.3, -0.25) is 14.9 Å². The number of benzene rings is 1. The molecule has 22 heavy (non-hydrogen) atoms. The maximum absolute atomic E-state index is 11.9. The molecule has 0 saturated carbocycles. The first kappa shape index (κ1) is 17.4. The van der Waals surface area contributed by atoms with Crippen molar-refractivity contribution in [2.75, 3.05) is 13.2 Å². The van der Waals surface area contributed by atoms with E-state index in [2.05, 4.69) is 4.74 Å². The van der Waals surface area contributed by atoms with Crippen LogP contribution in [0.1, 0.15) is 15.9 Å². The van der Waals surface area contributed by atoms with Gasteiger partial charge in [0.2, 0.25) is 0 Å². The summed E-state index contributed by atoms with van der Waals surface area (Å²) in [5.41, 5.74) is -0.165. The lowest BCUT2D eigenvalue weighted by Crippen LogP contribution is -2.36. The van der Waals surface area contributed by atoms with Crippen molar-refractivity contribution in [3.63, 3.8) is 0 Å². The monoisotopic (exact) mass is 320 g/mol. The minimum absolute atomic E-state index is 0.180. The second kappa shape index (κ2) is 6.87. The number of esters is 1. The van der Waals surface area contributed by atoms with Gasteiger partial charge >= 0.3 is 12.1 Å². The van der Waals surface area contributed by atoms with E-state index < -0.39 is 36.1 Å². The highest BCUT2D eigenvalue weighted by Crippen LogP contribution is 2.19. The lowest BCUT2D eigenvalue weighted by molar-refractivity contribution is -0.385. The van der Waals surface area contributed by atoms with Crippen molar-refractivity contribution >= 4 is 17.6 Å². The summed E-state index contributed by atoms with van der Waals surface area (Å²) < 4.78 is 40.0. The second-order valence-electron chi connectivity index (χ2n) is 4.23. The van der Waals surface area contributed by atoms with Crippen LogP contribution in [0.25, 0.3) is 0 Å². The van der Waals surface area contributed by atoms with Crippen LogP contribution in [-0.4, -0.2) is 36.1 Å². The molecule has 7 nitrogen and oxygen atoms in total. The van der Waals surface area contributed by atoms with Gasteiger partial charge in [0.05, 0.1) is 10.5 Å². The number of hydrogen-bond donors (Lipinski definition) is 1. The highest BCUT2D eigenvalue weighted by atomic mass is 19.4. The molecule has 0 heterocycles. The Hall–Kier alpha value is -2.65. The molecule has 0 bridgehead atoms. The van der Waals surface area contributed by atoms with E-state index in [-0.39, 0.29) is 11.3 Å². The SMILES string of the molecule is Cc1ccc(C(=O)OCC(=O)NCC(F)(F)F)cc1[N+](=O)[O-]. The van der Waals surface area contributed by atoms with Crippen LogP contribution >= 0.6 is 0 Å². The molecule has 0 aliphatic carbocycles. The number of alkyl halides is 3. The van der Waals surface area contributed by atoms with Gasteiger partial charge in [-0.05, 0) is 13.0 Å². The number of carbonyl (C=O) groups is 2. The number of rotatable bonds is 5. The first-order chi connectivity index (χ1) is 10.1. The fourth-order valence-corrected chi connectivity index (χ4v) is 1.40. The molecule has 0 spiro atoms. The van der Waals surface area contributed by atoms with Crippen molar-refractivity contribution in [1.82, 2.24) is 5.32 Å². The number of hydrogen-bond acceptors (Lipinski definition) is 5. The topological polar surface area (TPSA) is 98.5 Å². The quantitative estimate of drug-likeness (QED) is 0.506. The first-order valence-corrected chi connectivity index (χ1v) is 5.86. The molecule has 0 atom stereocenters. The summed E-state index contributed by atoms with van der Waals surface area (Å²) >= 11 is 0. The third kappa shape index (κ3) is 5.38. The molecule has 1 rings (SSSR count). The van der Waals surface area contributed by atoms with E-state index in [1.54, 1.807) is 0 Å².